The first-order chi connectivity index (χ1) is 16.5. The van der Waals surface area contributed by atoms with E-state index in [1.165, 1.54) is 11.3 Å². The first-order valence-corrected chi connectivity index (χ1v) is 12.0. The molecule has 0 spiro atoms. The second-order valence-electron chi connectivity index (χ2n) is 7.76. The summed E-state index contributed by atoms with van der Waals surface area (Å²) in [6.45, 7) is 2.26. The number of ketones is 1. The molecule has 1 amide bonds. The molecule has 0 aliphatic rings. The predicted molar refractivity (Wildman–Crippen MR) is 135 cm³/mol. The molecule has 2 N–H and O–H groups in total. The van der Waals surface area contributed by atoms with Gasteiger partial charge in [0.05, 0.1) is 17.1 Å². The number of aromatic nitrogens is 3. The van der Waals surface area contributed by atoms with E-state index in [0.717, 1.165) is 27.2 Å². The van der Waals surface area contributed by atoms with Gasteiger partial charge in [-0.1, -0.05) is 48.9 Å². The van der Waals surface area contributed by atoms with Gasteiger partial charge in [0.25, 0.3) is 5.91 Å². The topological polar surface area (TPSA) is 79.8 Å². The van der Waals surface area contributed by atoms with E-state index in [1.54, 1.807) is 36.7 Å². The molecule has 0 unspecified atom stereocenters. The number of para-hydroxylation sites is 1. The minimum absolute atomic E-state index is 0.140. The zero-order chi connectivity index (χ0) is 23.7. The van der Waals surface area contributed by atoms with Crippen molar-refractivity contribution in [3.8, 4) is 5.00 Å². The summed E-state index contributed by atoms with van der Waals surface area (Å²) in [6, 6.07) is 18.5. The number of rotatable bonds is 7. The molecule has 8 heteroatoms. The third kappa shape index (κ3) is 4.16. The van der Waals surface area contributed by atoms with Crippen molar-refractivity contribution in [1.29, 1.82) is 0 Å². The Hall–Kier alpha value is -3.68. The molecule has 2 aromatic carbocycles. The van der Waals surface area contributed by atoms with Crippen molar-refractivity contribution in [3.63, 3.8) is 0 Å². The van der Waals surface area contributed by atoms with Gasteiger partial charge in [0, 0.05) is 33.7 Å². The van der Waals surface area contributed by atoms with E-state index in [2.05, 4.69) is 22.2 Å². The Bertz CT molecular complexity index is 1480. The standard InChI is InChI=1S/C26H21ClN4O2S/c1-2-17-14-19(24(32)18-8-4-5-9-20(18)27)26(34-17)31-12-11-28-23(31)15-29-25(33)22-13-16-7-3-6-10-21(16)30-22/h3-14,30H,2,15H2,1H3,(H,29,33). The molecule has 0 fully saturated rings. The number of fused-ring (bicyclic) bond motifs is 1. The number of carbonyl (C=O) groups is 2. The number of H-pyrrole nitrogens is 1. The molecular formula is C26H21ClN4O2S. The van der Waals surface area contributed by atoms with E-state index in [9.17, 15) is 9.59 Å². The number of imidazole rings is 1. The Morgan fingerprint density at radius 2 is 1.88 bits per heavy atom. The summed E-state index contributed by atoms with van der Waals surface area (Å²) in [5.74, 6) is 0.263. The van der Waals surface area contributed by atoms with Crippen molar-refractivity contribution in [2.75, 3.05) is 0 Å². The fraction of sp³-hybridized carbons (Fsp3) is 0.115. The van der Waals surface area contributed by atoms with Crippen LogP contribution in [0, 0.1) is 0 Å². The van der Waals surface area contributed by atoms with Crippen LogP contribution in [0.3, 0.4) is 0 Å². The SMILES string of the molecule is CCc1cc(C(=O)c2ccccc2Cl)c(-n2ccnc2CNC(=O)c2cc3ccccc3[nH]2)s1. The van der Waals surface area contributed by atoms with Crippen LogP contribution in [0.2, 0.25) is 5.02 Å². The number of nitrogens with one attached hydrogen (secondary N) is 2. The number of hydrogen-bond donors (Lipinski definition) is 2. The number of hydrogen-bond acceptors (Lipinski definition) is 4. The lowest BCUT2D eigenvalue weighted by Gasteiger charge is -2.10. The van der Waals surface area contributed by atoms with Gasteiger partial charge in [-0.2, -0.15) is 0 Å². The van der Waals surface area contributed by atoms with E-state index in [-0.39, 0.29) is 18.2 Å². The van der Waals surface area contributed by atoms with E-state index in [0.29, 0.717) is 27.7 Å². The maximum atomic E-state index is 13.4. The highest BCUT2D eigenvalue weighted by Crippen LogP contribution is 2.31. The van der Waals surface area contributed by atoms with Gasteiger partial charge in [-0.25, -0.2) is 4.98 Å². The Morgan fingerprint density at radius 3 is 2.68 bits per heavy atom. The summed E-state index contributed by atoms with van der Waals surface area (Å²) in [4.78, 5) is 34.8. The number of aromatic amines is 1. The number of thiophene rings is 1. The number of carbonyl (C=O) groups excluding carboxylic acids is 2. The van der Waals surface area contributed by atoms with Crippen LogP contribution in [0.25, 0.3) is 15.9 Å². The van der Waals surface area contributed by atoms with Crippen LogP contribution in [0.4, 0.5) is 0 Å². The Balaban J connectivity index is 1.42. The average molecular weight is 489 g/mol. The summed E-state index contributed by atoms with van der Waals surface area (Å²) in [5, 5.41) is 5.08. The molecule has 0 saturated carbocycles. The van der Waals surface area contributed by atoms with E-state index in [4.69, 9.17) is 11.6 Å². The van der Waals surface area contributed by atoms with E-state index >= 15 is 0 Å². The van der Waals surface area contributed by atoms with Gasteiger partial charge in [-0.15, -0.1) is 11.3 Å². The van der Waals surface area contributed by atoms with Crippen molar-refractivity contribution >= 4 is 45.5 Å². The molecule has 0 aliphatic heterocycles. The van der Waals surface area contributed by atoms with Crippen LogP contribution in [0.1, 0.15) is 44.0 Å². The molecule has 0 aliphatic carbocycles. The third-order valence-electron chi connectivity index (χ3n) is 5.59. The Kier molecular flexibility index (Phi) is 6.04. The smallest absolute Gasteiger partial charge is 0.268 e. The van der Waals surface area contributed by atoms with Crippen LogP contribution < -0.4 is 5.32 Å². The van der Waals surface area contributed by atoms with Gasteiger partial charge in [-0.05, 0) is 36.8 Å². The van der Waals surface area contributed by atoms with Crippen LogP contribution in [-0.4, -0.2) is 26.2 Å². The molecular weight excluding hydrogens is 468 g/mol. The fourth-order valence-electron chi connectivity index (χ4n) is 3.84. The number of aryl methyl sites for hydroxylation is 1. The van der Waals surface area contributed by atoms with Gasteiger partial charge in [0.2, 0.25) is 0 Å². The summed E-state index contributed by atoms with van der Waals surface area (Å²) in [5.41, 5.74) is 2.41. The highest BCUT2D eigenvalue weighted by molar-refractivity contribution is 7.15. The second kappa shape index (κ2) is 9.29. The lowest BCUT2D eigenvalue weighted by molar-refractivity contribution is 0.0944. The maximum Gasteiger partial charge on any atom is 0.268 e. The minimum Gasteiger partial charge on any atom is -0.351 e. The van der Waals surface area contributed by atoms with Gasteiger partial charge in [-0.3, -0.25) is 14.2 Å². The number of amides is 1. The van der Waals surface area contributed by atoms with Crippen molar-refractivity contribution in [1.82, 2.24) is 19.9 Å². The largest absolute Gasteiger partial charge is 0.351 e. The molecule has 0 atom stereocenters. The summed E-state index contributed by atoms with van der Waals surface area (Å²) in [6.07, 6.45) is 4.27. The Labute approximate surface area is 205 Å². The fourth-order valence-corrected chi connectivity index (χ4v) is 5.16. The Morgan fingerprint density at radius 1 is 1.09 bits per heavy atom. The average Bonchev–Trinajstić information content (AvgIpc) is 3.59. The number of halogens is 1. The van der Waals surface area contributed by atoms with E-state index in [1.807, 2.05) is 41.0 Å². The molecule has 3 heterocycles. The molecule has 0 bridgehead atoms. The highest BCUT2D eigenvalue weighted by atomic mass is 35.5. The molecule has 6 nitrogen and oxygen atoms in total. The summed E-state index contributed by atoms with van der Waals surface area (Å²) < 4.78 is 1.86. The number of benzene rings is 2. The third-order valence-corrected chi connectivity index (χ3v) is 7.20. The predicted octanol–water partition coefficient (Wildman–Crippen LogP) is 5.79. The van der Waals surface area contributed by atoms with Gasteiger partial charge in [0.15, 0.2) is 5.78 Å². The molecule has 5 rings (SSSR count). The summed E-state index contributed by atoms with van der Waals surface area (Å²) >= 11 is 7.84. The van der Waals surface area contributed by atoms with Crippen molar-refractivity contribution < 1.29 is 9.59 Å². The van der Waals surface area contributed by atoms with Gasteiger partial charge in [0.1, 0.15) is 16.5 Å². The summed E-state index contributed by atoms with van der Waals surface area (Å²) in [7, 11) is 0. The van der Waals surface area contributed by atoms with Crippen LogP contribution in [0.5, 0.6) is 0 Å². The minimum atomic E-state index is -0.224. The normalized spacial score (nSPS) is 11.1. The zero-order valence-electron chi connectivity index (χ0n) is 18.3. The van der Waals surface area contributed by atoms with E-state index < -0.39 is 0 Å². The molecule has 0 saturated heterocycles. The second-order valence-corrected chi connectivity index (χ2v) is 9.28. The molecule has 34 heavy (non-hydrogen) atoms. The quantitative estimate of drug-likeness (QED) is 0.284. The first-order valence-electron chi connectivity index (χ1n) is 10.9. The molecule has 0 radical (unpaired) electrons. The zero-order valence-corrected chi connectivity index (χ0v) is 19.9. The highest BCUT2D eigenvalue weighted by Gasteiger charge is 2.22. The molecule has 3 aromatic heterocycles. The first kappa shape index (κ1) is 22.1. The van der Waals surface area contributed by atoms with Crippen LogP contribution in [0.15, 0.2) is 73.1 Å². The molecule has 170 valence electrons. The van der Waals surface area contributed by atoms with Gasteiger partial charge < -0.3 is 10.3 Å². The van der Waals surface area contributed by atoms with Crippen molar-refractivity contribution in [2.24, 2.45) is 0 Å². The maximum absolute atomic E-state index is 13.4. The lowest BCUT2D eigenvalue weighted by atomic mass is 10.0. The van der Waals surface area contributed by atoms with Crippen LogP contribution >= 0.6 is 22.9 Å². The van der Waals surface area contributed by atoms with Gasteiger partial charge >= 0.3 is 0 Å². The lowest BCUT2D eigenvalue weighted by Crippen LogP contribution is -2.24. The molecule has 5 aromatic rings. The number of nitrogens with zero attached hydrogens (tertiary/aromatic N) is 2. The van der Waals surface area contributed by atoms with Crippen LogP contribution in [-0.2, 0) is 13.0 Å². The monoisotopic (exact) mass is 488 g/mol. The van der Waals surface area contributed by atoms with Crippen molar-refractivity contribution in [3.05, 3.63) is 106 Å². The van der Waals surface area contributed by atoms with Crippen molar-refractivity contribution in [2.45, 2.75) is 19.9 Å².